The molecule has 1 N–H and O–H groups in total. The molecule has 0 saturated heterocycles. The Kier molecular flexibility index (Phi) is 0.823. The summed E-state index contributed by atoms with van der Waals surface area (Å²) in [5.41, 5.74) is 5.68. The topological polar surface area (TPSA) is 15.8 Å². The van der Waals surface area contributed by atoms with Gasteiger partial charge in [0.05, 0.1) is 0 Å². The molecule has 0 bridgehead atoms. The normalized spacial score (nSPS) is 17.5. The summed E-state index contributed by atoms with van der Waals surface area (Å²) in [6.07, 6.45) is 11.1. The van der Waals surface area contributed by atoms with Crippen molar-refractivity contribution >= 4 is 12.2 Å². The molecule has 0 fully saturated rings. The number of H-pyrrole nitrogens is 1. The average molecular weight is 143 g/mol. The maximum absolute atomic E-state index is 3.42. The Morgan fingerprint density at radius 2 is 2.00 bits per heavy atom. The summed E-state index contributed by atoms with van der Waals surface area (Å²) in [6, 6.07) is 0. The Hall–Kier alpha value is -1.24. The quantitative estimate of drug-likeness (QED) is 0.572. The summed E-state index contributed by atoms with van der Waals surface area (Å²) >= 11 is 0. The van der Waals surface area contributed by atoms with E-state index in [0.717, 1.165) is 12.8 Å². The minimum Gasteiger partial charge on any atom is -0.358 e. The largest absolute Gasteiger partial charge is 0.358 e. The van der Waals surface area contributed by atoms with E-state index in [1.54, 1.807) is 0 Å². The van der Waals surface area contributed by atoms with Gasteiger partial charge in [0.1, 0.15) is 0 Å². The third kappa shape index (κ3) is 0.559. The Balaban J connectivity index is 2.34. The van der Waals surface area contributed by atoms with E-state index in [1.807, 2.05) is 0 Å². The number of hydrogen-bond acceptors (Lipinski definition) is 0. The zero-order chi connectivity index (χ0) is 7.26. The first-order chi connectivity index (χ1) is 5.45. The van der Waals surface area contributed by atoms with Gasteiger partial charge in [-0.15, -0.1) is 0 Å². The molecular formula is C10H9N. The van der Waals surface area contributed by atoms with Crippen LogP contribution in [0.2, 0.25) is 0 Å². The van der Waals surface area contributed by atoms with Gasteiger partial charge in [-0.1, -0.05) is 18.2 Å². The number of aromatic amines is 1. The lowest BCUT2D eigenvalue weighted by molar-refractivity contribution is 1.16. The number of rotatable bonds is 0. The average Bonchev–Trinajstić information content (AvgIpc) is 2.52. The molecule has 2 aliphatic carbocycles. The fourth-order valence-corrected chi connectivity index (χ4v) is 1.95. The Morgan fingerprint density at radius 3 is 3.00 bits per heavy atom. The fraction of sp³-hybridized carbons (Fsp3) is 0.200. The van der Waals surface area contributed by atoms with Crippen molar-refractivity contribution in [3.63, 3.8) is 0 Å². The van der Waals surface area contributed by atoms with Crippen molar-refractivity contribution in [2.24, 2.45) is 0 Å². The van der Waals surface area contributed by atoms with Crippen molar-refractivity contribution in [3.8, 4) is 0 Å². The van der Waals surface area contributed by atoms with Gasteiger partial charge >= 0.3 is 0 Å². The Labute approximate surface area is 65.4 Å². The first-order valence-corrected chi connectivity index (χ1v) is 4.02. The third-order valence-corrected chi connectivity index (χ3v) is 2.47. The van der Waals surface area contributed by atoms with Crippen molar-refractivity contribution in [1.82, 2.24) is 4.98 Å². The number of fused-ring (bicyclic) bond motifs is 3. The van der Waals surface area contributed by atoms with E-state index in [2.05, 4.69) is 29.3 Å². The highest BCUT2D eigenvalue weighted by molar-refractivity contribution is 5.71. The van der Waals surface area contributed by atoms with Crippen LogP contribution in [0.15, 0.2) is 12.2 Å². The lowest BCUT2D eigenvalue weighted by atomic mass is 10.1. The predicted octanol–water partition coefficient (Wildman–Crippen LogP) is 2.15. The van der Waals surface area contributed by atoms with Crippen molar-refractivity contribution in [3.05, 3.63) is 34.7 Å². The lowest BCUT2D eigenvalue weighted by Crippen LogP contribution is -1.78. The number of allylic oxidation sites excluding steroid dienone is 2. The van der Waals surface area contributed by atoms with E-state index in [4.69, 9.17) is 0 Å². The van der Waals surface area contributed by atoms with Crippen LogP contribution >= 0.6 is 0 Å². The van der Waals surface area contributed by atoms with Crippen LogP contribution in [0, 0.1) is 0 Å². The molecule has 0 atom stereocenters. The number of hydrogen-bond donors (Lipinski definition) is 1. The fourth-order valence-electron chi connectivity index (χ4n) is 1.95. The second-order valence-corrected chi connectivity index (χ2v) is 3.12. The molecule has 1 heteroatoms. The summed E-state index contributed by atoms with van der Waals surface area (Å²) in [4.78, 5) is 3.42. The van der Waals surface area contributed by atoms with Crippen LogP contribution in [0.1, 0.15) is 22.5 Å². The van der Waals surface area contributed by atoms with Crippen LogP contribution in [-0.2, 0) is 12.8 Å². The zero-order valence-corrected chi connectivity index (χ0v) is 6.22. The highest BCUT2D eigenvalue weighted by Gasteiger charge is 2.17. The van der Waals surface area contributed by atoms with Crippen molar-refractivity contribution < 1.29 is 0 Å². The van der Waals surface area contributed by atoms with Gasteiger partial charge in [0.2, 0.25) is 0 Å². The highest BCUT2D eigenvalue weighted by atomic mass is 14.7. The van der Waals surface area contributed by atoms with Crippen LogP contribution in [0.3, 0.4) is 0 Å². The van der Waals surface area contributed by atoms with Crippen molar-refractivity contribution in [2.75, 3.05) is 0 Å². The molecule has 3 rings (SSSR count). The molecule has 0 radical (unpaired) electrons. The molecule has 0 spiro atoms. The van der Waals surface area contributed by atoms with Gasteiger partial charge in [0, 0.05) is 17.8 Å². The first-order valence-electron chi connectivity index (χ1n) is 4.02. The monoisotopic (exact) mass is 143 g/mol. The summed E-state index contributed by atoms with van der Waals surface area (Å²) in [6.45, 7) is 0. The van der Waals surface area contributed by atoms with Crippen LogP contribution < -0.4 is 0 Å². The zero-order valence-electron chi connectivity index (χ0n) is 6.22. The maximum atomic E-state index is 3.42. The molecule has 0 aromatic carbocycles. The second kappa shape index (κ2) is 1.67. The molecule has 0 saturated carbocycles. The van der Waals surface area contributed by atoms with Crippen LogP contribution in [-0.4, -0.2) is 4.98 Å². The van der Waals surface area contributed by atoms with Gasteiger partial charge < -0.3 is 4.98 Å². The minimum atomic E-state index is 1.09. The summed E-state index contributed by atoms with van der Waals surface area (Å²) in [5, 5.41) is 0. The molecule has 1 aromatic heterocycles. The van der Waals surface area contributed by atoms with E-state index >= 15 is 0 Å². The van der Waals surface area contributed by atoms with Gasteiger partial charge in [0.25, 0.3) is 0 Å². The molecule has 0 aliphatic heterocycles. The highest BCUT2D eigenvalue weighted by Crippen LogP contribution is 2.30. The van der Waals surface area contributed by atoms with Crippen LogP contribution in [0.25, 0.3) is 12.2 Å². The van der Waals surface area contributed by atoms with E-state index in [0.29, 0.717) is 0 Å². The number of aromatic nitrogens is 1. The third-order valence-electron chi connectivity index (χ3n) is 2.47. The summed E-state index contributed by atoms with van der Waals surface area (Å²) in [7, 11) is 0. The summed E-state index contributed by atoms with van der Waals surface area (Å²) in [5.74, 6) is 0. The van der Waals surface area contributed by atoms with Crippen molar-refractivity contribution in [2.45, 2.75) is 12.8 Å². The van der Waals surface area contributed by atoms with E-state index < -0.39 is 0 Å². The summed E-state index contributed by atoms with van der Waals surface area (Å²) < 4.78 is 0. The van der Waals surface area contributed by atoms with E-state index in [-0.39, 0.29) is 0 Å². The molecule has 11 heavy (non-hydrogen) atoms. The minimum absolute atomic E-state index is 1.09. The SMILES string of the molecule is C1=Cc2c([nH]c3c2CC=C3)C1. The second-order valence-electron chi connectivity index (χ2n) is 3.12. The van der Waals surface area contributed by atoms with Gasteiger partial charge in [-0.2, -0.15) is 0 Å². The first kappa shape index (κ1) is 5.42. The van der Waals surface area contributed by atoms with E-state index in [1.165, 1.54) is 22.5 Å². The van der Waals surface area contributed by atoms with Gasteiger partial charge in [0.15, 0.2) is 0 Å². The van der Waals surface area contributed by atoms with Gasteiger partial charge in [-0.25, -0.2) is 0 Å². The Morgan fingerprint density at radius 1 is 1.09 bits per heavy atom. The maximum Gasteiger partial charge on any atom is 0.0421 e. The van der Waals surface area contributed by atoms with E-state index in [9.17, 15) is 0 Å². The molecular weight excluding hydrogens is 134 g/mol. The van der Waals surface area contributed by atoms with Gasteiger partial charge in [-0.3, -0.25) is 0 Å². The predicted molar refractivity (Wildman–Crippen MR) is 46.3 cm³/mol. The van der Waals surface area contributed by atoms with Crippen LogP contribution in [0.4, 0.5) is 0 Å². The number of nitrogens with one attached hydrogen (secondary N) is 1. The molecule has 0 amide bonds. The molecule has 54 valence electrons. The Bertz CT molecular complexity index is 366. The standard InChI is InChI=1S/C10H9N/c1-3-7-8-4-2-6-10(8)11-9(7)5-1/h1-3,6,11H,4-5H2. The van der Waals surface area contributed by atoms with Gasteiger partial charge in [-0.05, 0) is 23.6 Å². The molecule has 2 aliphatic rings. The smallest absolute Gasteiger partial charge is 0.0421 e. The molecule has 1 nitrogen and oxygen atoms in total. The molecule has 1 heterocycles. The molecule has 0 unspecified atom stereocenters. The lowest BCUT2D eigenvalue weighted by Gasteiger charge is -1.89. The molecule has 1 aromatic rings. The van der Waals surface area contributed by atoms with Crippen LogP contribution in [0.5, 0.6) is 0 Å². The van der Waals surface area contributed by atoms with Crippen molar-refractivity contribution in [1.29, 1.82) is 0 Å².